The standard InChI is InChI=1S/C9H13F2N3/c10-9(11)6-13-5-7-1-2-14-8(3-7)4-12/h1-3,9,13H,4-6,12H2. The molecule has 0 atom stereocenters. The van der Waals surface area contributed by atoms with Gasteiger partial charge in [0, 0.05) is 19.3 Å². The molecule has 0 saturated heterocycles. The molecule has 1 aromatic heterocycles. The summed E-state index contributed by atoms with van der Waals surface area (Å²) in [7, 11) is 0. The van der Waals surface area contributed by atoms with E-state index in [1.807, 2.05) is 0 Å². The van der Waals surface area contributed by atoms with E-state index in [0.717, 1.165) is 11.3 Å². The van der Waals surface area contributed by atoms with E-state index in [1.165, 1.54) is 0 Å². The molecule has 1 rings (SSSR count). The van der Waals surface area contributed by atoms with E-state index < -0.39 is 6.43 Å². The van der Waals surface area contributed by atoms with Gasteiger partial charge in [0.05, 0.1) is 12.2 Å². The van der Waals surface area contributed by atoms with E-state index in [9.17, 15) is 8.78 Å². The van der Waals surface area contributed by atoms with Gasteiger partial charge in [-0.3, -0.25) is 4.98 Å². The Morgan fingerprint density at radius 3 is 2.93 bits per heavy atom. The molecule has 0 unspecified atom stereocenters. The predicted molar refractivity (Wildman–Crippen MR) is 49.8 cm³/mol. The number of hydrogen-bond acceptors (Lipinski definition) is 3. The average Bonchev–Trinajstić information content (AvgIpc) is 2.18. The van der Waals surface area contributed by atoms with Gasteiger partial charge in [0.25, 0.3) is 6.43 Å². The van der Waals surface area contributed by atoms with Crippen molar-refractivity contribution in [3.05, 3.63) is 29.6 Å². The number of hydrogen-bond donors (Lipinski definition) is 2. The van der Waals surface area contributed by atoms with Gasteiger partial charge >= 0.3 is 0 Å². The first-order chi connectivity index (χ1) is 6.72. The van der Waals surface area contributed by atoms with Crippen LogP contribution in [0.2, 0.25) is 0 Å². The molecule has 0 aromatic carbocycles. The summed E-state index contributed by atoms with van der Waals surface area (Å²) in [6.07, 6.45) is -0.687. The fourth-order valence-corrected chi connectivity index (χ4v) is 1.08. The van der Waals surface area contributed by atoms with Crippen LogP contribution in [0.1, 0.15) is 11.3 Å². The number of nitrogens with one attached hydrogen (secondary N) is 1. The topological polar surface area (TPSA) is 50.9 Å². The number of halogens is 2. The minimum atomic E-state index is -2.31. The maximum Gasteiger partial charge on any atom is 0.250 e. The molecule has 0 aliphatic rings. The summed E-state index contributed by atoms with van der Waals surface area (Å²) in [5.74, 6) is 0. The Hall–Kier alpha value is -1.07. The molecule has 0 amide bonds. The van der Waals surface area contributed by atoms with Gasteiger partial charge in [-0.25, -0.2) is 8.78 Å². The largest absolute Gasteiger partial charge is 0.325 e. The monoisotopic (exact) mass is 201 g/mol. The maximum absolute atomic E-state index is 11.8. The molecule has 1 aromatic rings. The third-order valence-corrected chi connectivity index (χ3v) is 1.72. The van der Waals surface area contributed by atoms with Crippen LogP contribution >= 0.6 is 0 Å². The van der Waals surface area contributed by atoms with E-state index in [1.54, 1.807) is 18.3 Å². The first-order valence-corrected chi connectivity index (χ1v) is 4.35. The average molecular weight is 201 g/mol. The number of aromatic nitrogens is 1. The molecule has 0 radical (unpaired) electrons. The molecular weight excluding hydrogens is 188 g/mol. The fraction of sp³-hybridized carbons (Fsp3) is 0.444. The minimum Gasteiger partial charge on any atom is -0.325 e. The van der Waals surface area contributed by atoms with E-state index in [0.29, 0.717) is 13.1 Å². The normalized spacial score (nSPS) is 10.9. The second-order valence-corrected chi connectivity index (χ2v) is 2.88. The Balaban J connectivity index is 2.42. The van der Waals surface area contributed by atoms with Crippen molar-refractivity contribution in [2.45, 2.75) is 19.5 Å². The summed E-state index contributed by atoms with van der Waals surface area (Å²) in [5, 5.41) is 2.63. The summed E-state index contributed by atoms with van der Waals surface area (Å²) >= 11 is 0. The van der Waals surface area contributed by atoms with Gasteiger partial charge in [-0.15, -0.1) is 0 Å². The third-order valence-electron chi connectivity index (χ3n) is 1.72. The zero-order chi connectivity index (χ0) is 10.4. The van der Waals surface area contributed by atoms with Gasteiger partial charge in [0.1, 0.15) is 0 Å². The first kappa shape index (κ1) is 11.0. The van der Waals surface area contributed by atoms with E-state index >= 15 is 0 Å². The second-order valence-electron chi connectivity index (χ2n) is 2.88. The van der Waals surface area contributed by atoms with Crippen molar-refractivity contribution in [2.24, 2.45) is 5.73 Å². The van der Waals surface area contributed by atoms with Crippen LogP contribution in [-0.2, 0) is 13.1 Å². The molecule has 3 nitrogen and oxygen atoms in total. The lowest BCUT2D eigenvalue weighted by atomic mass is 10.2. The highest BCUT2D eigenvalue weighted by atomic mass is 19.3. The molecule has 0 fully saturated rings. The summed E-state index contributed by atoms with van der Waals surface area (Å²) in [4.78, 5) is 4.00. The van der Waals surface area contributed by atoms with Crippen molar-refractivity contribution in [1.29, 1.82) is 0 Å². The minimum absolute atomic E-state index is 0.291. The van der Waals surface area contributed by atoms with Gasteiger partial charge in [-0.05, 0) is 17.7 Å². The van der Waals surface area contributed by atoms with Crippen LogP contribution in [0.5, 0.6) is 0 Å². The highest BCUT2D eigenvalue weighted by molar-refractivity contribution is 5.15. The van der Waals surface area contributed by atoms with Crippen molar-refractivity contribution in [2.75, 3.05) is 6.54 Å². The van der Waals surface area contributed by atoms with Gasteiger partial charge < -0.3 is 11.1 Å². The van der Waals surface area contributed by atoms with Crippen LogP contribution in [0, 0.1) is 0 Å². The number of rotatable bonds is 5. The lowest BCUT2D eigenvalue weighted by molar-refractivity contribution is 0.145. The number of nitrogens with zero attached hydrogens (tertiary/aromatic N) is 1. The zero-order valence-electron chi connectivity index (χ0n) is 7.71. The number of alkyl halides is 2. The van der Waals surface area contributed by atoms with E-state index in [4.69, 9.17) is 5.73 Å². The van der Waals surface area contributed by atoms with Crippen LogP contribution < -0.4 is 11.1 Å². The van der Waals surface area contributed by atoms with Gasteiger partial charge in [0.2, 0.25) is 0 Å². The van der Waals surface area contributed by atoms with Gasteiger partial charge in [-0.2, -0.15) is 0 Å². The van der Waals surface area contributed by atoms with Crippen molar-refractivity contribution in [3.8, 4) is 0 Å². The second kappa shape index (κ2) is 5.62. The van der Waals surface area contributed by atoms with Gasteiger partial charge in [0.15, 0.2) is 0 Å². The highest BCUT2D eigenvalue weighted by Crippen LogP contribution is 2.01. The lowest BCUT2D eigenvalue weighted by Gasteiger charge is -2.04. The summed E-state index contributed by atoms with van der Waals surface area (Å²) in [6, 6.07) is 3.58. The van der Waals surface area contributed by atoms with Crippen LogP contribution in [0.15, 0.2) is 18.3 Å². The van der Waals surface area contributed by atoms with Gasteiger partial charge in [-0.1, -0.05) is 0 Å². The Bertz CT molecular complexity index is 279. The van der Waals surface area contributed by atoms with Crippen molar-refractivity contribution < 1.29 is 8.78 Å². The highest BCUT2D eigenvalue weighted by Gasteiger charge is 2.01. The van der Waals surface area contributed by atoms with Crippen LogP contribution in [0.25, 0.3) is 0 Å². The molecule has 0 aliphatic heterocycles. The summed E-state index contributed by atoms with van der Waals surface area (Å²) < 4.78 is 23.6. The number of nitrogens with two attached hydrogens (primary N) is 1. The Morgan fingerprint density at radius 1 is 1.50 bits per heavy atom. The van der Waals surface area contributed by atoms with Crippen molar-refractivity contribution in [1.82, 2.24) is 10.3 Å². The van der Waals surface area contributed by atoms with Crippen LogP contribution in [0.4, 0.5) is 8.78 Å². The van der Waals surface area contributed by atoms with E-state index in [2.05, 4.69) is 10.3 Å². The van der Waals surface area contributed by atoms with Crippen molar-refractivity contribution >= 4 is 0 Å². The fourth-order valence-electron chi connectivity index (χ4n) is 1.08. The molecule has 1 heterocycles. The molecule has 0 aliphatic carbocycles. The zero-order valence-corrected chi connectivity index (χ0v) is 7.71. The summed E-state index contributed by atoms with van der Waals surface area (Å²) in [6.45, 7) is 0.489. The molecule has 5 heteroatoms. The number of pyridine rings is 1. The Kier molecular flexibility index (Phi) is 4.42. The molecule has 78 valence electrons. The quantitative estimate of drug-likeness (QED) is 0.744. The van der Waals surface area contributed by atoms with Crippen LogP contribution in [-0.4, -0.2) is 18.0 Å². The predicted octanol–water partition coefficient (Wildman–Crippen LogP) is 0.895. The lowest BCUT2D eigenvalue weighted by Crippen LogP contribution is -2.20. The SMILES string of the molecule is NCc1cc(CNCC(F)F)ccn1. The molecule has 0 spiro atoms. The Labute approximate surface area is 81.3 Å². The van der Waals surface area contributed by atoms with Crippen molar-refractivity contribution in [3.63, 3.8) is 0 Å². The molecule has 3 N–H and O–H groups in total. The first-order valence-electron chi connectivity index (χ1n) is 4.35. The molecule has 0 saturated carbocycles. The van der Waals surface area contributed by atoms with E-state index in [-0.39, 0.29) is 6.54 Å². The molecule has 14 heavy (non-hydrogen) atoms. The van der Waals surface area contributed by atoms with Crippen LogP contribution in [0.3, 0.4) is 0 Å². The third kappa shape index (κ3) is 3.76. The summed E-state index contributed by atoms with van der Waals surface area (Å²) in [5.41, 5.74) is 7.08. The maximum atomic E-state index is 11.8. The molecule has 0 bridgehead atoms. The smallest absolute Gasteiger partial charge is 0.250 e. The molecular formula is C9H13F2N3. The Morgan fingerprint density at radius 2 is 2.29 bits per heavy atom.